The van der Waals surface area contributed by atoms with Crippen LogP contribution in [-0.2, 0) is 23.8 Å². The summed E-state index contributed by atoms with van der Waals surface area (Å²) in [5.74, 6) is -1.14. The molecular weight excluding hydrogens is 232 g/mol. The largest absolute Gasteiger partial charge is 0.469 e. The number of rotatable bonds is 3. The Hall–Kier alpha value is -1.18. The molecule has 7 nitrogen and oxygen atoms in total. The SMILES string of the molecule is COC(=O)C[C@H]1OC(OC(C)=O)C[C@@H](O)[C@@H]1O. The van der Waals surface area contributed by atoms with Crippen molar-refractivity contribution < 1.29 is 34.0 Å². The Bertz CT molecular complexity index is 290. The Kier molecular flexibility index (Phi) is 4.86. The Morgan fingerprint density at radius 3 is 2.59 bits per heavy atom. The first-order valence-corrected chi connectivity index (χ1v) is 5.19. The van der Waals surface area contributed by atoms with Crippen LogP contribution in [0.1, 0.15) is 19.8 Å². The maximum absolute atomic E-state index is 11.1. The Labute approximate surface area is 98.3 Å². The van der Waals surface area contributed by atoms with Crippen LogP contribution >= 0.6 is 0 Å². The lowest BCUT2D eigenvalue weighted by atomic mass is 9.99. The van der Waals surface area contributed by atoms with Gasteiger partial charge in [0.2, 0.25) is 6.29 Å². The van der Waals surface area contributed by atoms with Crippen LogP contribution in [0.5, 0.6) is 0 Å². The zero-order chi connectivity index (χ0) is 13.0. The first-order valence-electron chi connectivity index (χ1n) is 5.19. The second kappa shape index (κ2) is 5.95. The summed E-state index contributed by atoms with van der Waals surface area (Å²) in [4.78, 5) is 21.8. The predicted molar refractivity (Wildman–Crippen MR) is 53.7 cm³/mol. The molecule has 0 amide bonds. The highest BCUT2D eigenvalue weighted by Crippen LogP contribution is 2.23. The van der Waals surface area contributed by atoms with E-state index in [1.807, 2.05) is 0 Å². The summed E-state index contributed by atoms with van der Waals surface area (Å²) in [6, 6.07) is 0. The Morgan fingerprint density at radius 2 is 2.06 bits per heavy atom. The minimum atomic E-state index is -1.21. The molecule has 1 heterocycles. The molecule has 1 unspecified atom stereocenters. The summed E-state index contributed by atoms with van der Waals surface area (Å²) < 4.78 is 14.4. The second-order valence-electron chi connectivity index (χ2n) is 3.79. The summed E-state index contributed by atoms with van der Waals surface area (Å²) in [7, 11) is 1.21. The molecule has 0 aromatic rings. The van der Waals surface area contributed by atoms with Gasteiger partial charge in [-0.05, 0) is 0 Å². The highest BCUT2D eigenvalue weighted by atomic mass is 16.7. The van der Waals surface area contributed by atoms with Gasteiger partial charge in [0.15, 0.2) is 0 Å². The highest BCUT2D eigenvalue weighted by molar-refractivity contribution is 5.70. The van der Waals surface area contributed by atoms with Gasteiger partial charge in [-0.25, -0.2) is 0 Å². The van der Waals surface area contributed by atoms with Gasteiger partial charge >= 0.3 is 11.9 Å². The number of aliphatic hydroxyl groups excluding tert-OH is 2. The number of aliphatic hydroxyl groups is 2. The number of methoxy groups -OCH3 is 1. The fourth-order valence-corrected chi connectivity index (χ4v) is 1.59. The smallest absolute Gasteiger partial charge is 0.308 e. The van der Waals surface area contributed by atoms with E-state index in [2.05, 4.69) is 4.74 Å². The van der Waals surface area contributed by atoms with E-state index in [0.29, 0.717) is 0 Å². The van der Waals surface area contributed by atoms with Crippen LogP contribution in [0.25, 0.3) is 0 Å². The topological polar surface area (TPSA) is 102 Å². The van der Waals surface area contributed by atoms with Crippen LogP contribution in [-0.4, -0.2) is 53.9 Å². The Morgan fingerprint density at radius 1 is 1.41 bits per heavy atom. The third-order valence-corrected chi connectivity index (χ3v) is 2.43. The van der Waals surface area contributed by atoms with Gasteiger partial charge in [-0.1, -0.05) is 0 Å². The number of hydrogen-bond donors (Lipinski definition) is 2. The molecule has 0 bridgehead atoms. The predicted octanol–water partition coefficient (Wildman–Crippen LogP) is -1.05. The minimum absolute atomic E-state index is 0.0293. The molecule has 1 aliphatic rings. The quantitative estimate of drug-likeness (QED) is 0.614. The van der Waals surface area contributed by atoms with Crippen molar-refractivity contribution in [2.24, 2.45) is 0 Å². The normalized spacial score (nSPS) is 32.9. The van der Waals surface area contributed by atoms with Crippen molar-refractivity contribution >= 4 is 11.9 Å². The van der Waals surface area contributed by atoms with Crippen molar-refractivity contribution in [3.05, 3.63) is 0 Å². The monoisotopic (exact) mass is 248 g/mol. The van der Waals surface area contributed by atoms with Crippen molar-refractivity contribution in [3.63, 3.8) is 0 Å². The van der Waals surface area contributed by atoms with Crippen molar-refractivity contribution in [1.82, 2.24) is 0 Å². The van der Waals surface area contributed by atoms with Gasteiger partial charge in [0.25, 0.3) is 0 Å². The van der Waals surface area contributed by atoms with E-state index in [4.69, 9.17) is 9.47 Å². The number of carbonyl (C=O) groups excluding carboxylic acids is 2. The lowest BCUT2D eigenvalue weighted by Crippen LogP contribution is -2.50. The molecule has 0 aromatic carbocycles. The third kappa shape index (κ3) is 3.95. The number of hydrogen-bond acceptors (Lipinski definition) is 7. The minimum Gasteiger partial charge on any atom is -0.469 e. The molecular formula is C10H16O7. The van der Waals surface area contributed by atoms with E-state index in [9.17, 15) is 19.8 Å². The van der Waals surface area contributed by atoms with Gasteiger partial charge in [-0.2, -0.15) is 0 Å². The van der Waals surface area contributed by atoms with Crippen LogP contribution in [0.2, 0.25) is 0 Å². The maximum Gasteiger partial charge on any atom is 0.308 e. The van der Waals surface area contributed by atoms with Gasteiger partial charge in [-0.3, -0.25) is 9.59 Å². The van der Waals surface area contributed by atoms with E-state index in [0.717, 1.165) is 0 Å². The lowest BCUT2D eigenvalue weighted by molar-refractivity contribution is -0.245. The van der Waals surface area contributed by atoms with Gasteiger partial charge in [-0.15, -0.1) is 0 Å². The third-order valence-electron chi connectivity index (χ3n) is 2.43. The Balaban J connectivity index is 2.60. The molecule has 17 heavy (non-hydrogen) atoms. The number of carbonyl (C=O) groups is 2. The molecule has 1 saturated heterocycles. The van der Waals surface area contributed by atoms with Crippen molar-refractivity contribution in [2.75, 3.05) is 7.11 Å². The van der Waals surface area contributed by atoms with Crippen molar-refractivity contribution in [2.45, 2.75) is 44.4 Å². The van der Waals surface area contributed by atoms with Gasteiger partial charge in [0.1, 0.15) is 12.2 Å². The van der Waals surface area contributed by atoms with Crippen LogP contribution in [0, 0.1) is 0 Å². The first kappa shape index (κ1) is 13.9. The van der Waals surface area contributed by atoms with E-state index in [1.165, 1.54) is 14.0 Å². The summed E-state index contributed by atoms with van der Waals surface area (Å²) in [6.45, 7) is 1.20. The molecule has 2 N–H and O–H groups in total. The standard InChI is InChI=1S/C10H16O7/c1-5(11)16-9-3-6(12)10(14)7(17-9)4-8(13)15-2/h6-7,9-10,12,14H,3-4H2,1-2H3/t6-,7-,9?,10+/m1/s1. The molecule has 0 radical (unpaired) electrons. The second-order valence-corrected chi connectivity index (χ2v) is 3.79. The van der Waals surface area contributed by atoms with E-state index in [1.54, 1.807) is 0 Å². The average Bonchev–Trinajstić information content (AvgIpc) is 2.24. The molecule has 0 aliphatic carbocycles. The number of esters is 2. The highest BCUT2D eigenvalue weighted by Gasteiger charge is 2.39. The summed E-state index contributed by atoms with van der Waals surface area (Å²) in [5, 5.41) is 19.2. The first-order chi connectivity index (χ1) is 7.93. The molecule has 1 rings (SSSR count). The van der Waals surface area contributed by atoms with Crippen LogP contribution in [0.3, 0.4) is 0 Å². The van der Waals surface area contributed by atoms with Gasteiger partial charge in [0, 0.05) is 13.3 Å². The average molecular weight is 248 g/mol. The van der Waals surface area contributed by atoms with Gasteiger partial charge < -0.3 is 24.4 Å². The summed E-state index contributed by atoms with van der Waals surface area (Å²) >= 11 is 0. The zero-order valence-corrected chi connectivity index (χ0v) is 9.66. The fraction of sp³-hybridized carbons (Fsp3) is 0.800. The van der Waals surface area contributed by atoms with Gasteiger partial charge in [0.05, 0.1) is 19.6 Å². The van der Waals surface area contributed by atoms with Crippen LogP contribution < -0.4 is 0 Å². The maximum atomic E-state index is 11.1. The molecule has 98 valence electrons. The van der Waals surface area contributed by atoms with Crippen LogP contribution in [0.4, 0.5) is 0 Å². The summed E-state index contributed by atoms with van der Waals surface area (Å²) in [5.41, 5.74) is 0. The molecule has 1 fully saturated rings. The number of ether oxygens (including phenoxy) is 3. The fourth-order valence-electron chi connectivity index (χ4n) is 1.59. The summed E-state index contributed by atoms with van der Waals surface area (Å²) in [6.07, 6.45) is -4.47. The van der Waals surface area contributed by atoms with Crippen molar-refractivity contribution in [1.29, 1.82) is 0 Å². The molecule has 0 spiro atoms. The van der Waals surface area contributed by atoms with E-state index >= 15 is 0 Å². The van der Waals surface area contributed by atoms with E-state index < -0.39 is 36.5 Å². The molecule has 0 aromatic heterocycles. The molecule has 0 saturated carbocycles. The molecule has 4 atom stereocenters. The molecule has 1 aliphatic heterocycles. The van der Waals surface area contributed by atoms with Crippen LogP contribution in [0.15, 0.2) is 0 Å². The van der Waals surface area contributed by atoms with E-state index in [-0.39, 0.29) is 12.8 Å². The zero-order valence-electron chi connectivity index (χ0n) is 9.66. The lowest BCUT2D eigenvalue weighted by Gasteiger charge is -2.35. The molecule has 7 heteroatoms. The van der Waals surface area contributed by atoms with Crippen molar-refractivity contribution in [3.8, 4) is 0 Å².